The Balaban J connectivity index is 1.27. The van der Waals surface area contributed by atoms with Crippen molar-refractivity contribution in [3.05, 3.63) is 18.1 Å². The maximum absolute atomic E-state index is 12.5. The molecule has 0 aromatic carbocycles. The summed E-state index contributed by atoms with van der Waals surface area (Å²) in [5.41, 5.74) is 0.0961. The van der Waals surface area contributed by atoms with Crippen LogP contribution in [0.3, 0.4) is 0 Å². The van der Waals surface area contributed by atoms with Crippen LogP contribution in [0.5, 0.6) is 0 Å². The molecule has 1 N–H and O–H groups in total. The van der Waals surface area contributed by atoms with Crippen molar-refractivity contribution in [1.29, 1.82) is 0 Å². The van der Waals surface area contributed by atoms with E-state index in [4.69, 9.17) is 4.74 Å². The molecule has 3 aliphatic heterocycles. The number of piperazine rings is 1. The molecule has 4 heterocycles. The summed E-state index contributed by atoms with van der Waals surface area (Å²) in [5.74, 6) is 1.72. The Hall–Kier alpha value is -1.89. The summed E-state index contributed by atoms with van der Waals surface area (Å²) in [6.07, 6.45) is 5.89. The van der Waals surface area contributed by atoms with Crippen molar-refractivity contribution in [3.8, 4) is 0 Å². The van der Waals surface area contributed by atoms with E-state index in [1.807, 2.05) is 17.9 Å². The number of aryl methyl sites for hydroxylation is 1. The highest BCUT2D eigenvalue weighted by Crippen LogP contribution is 2.47. The monoisotopic (exact) mass is 345 g/mol. The molecule has 0 saturated carbocycles. The second kappa shape index (κ2) is 6.44. The van der Waals surface area contributed by atoms with Gasteiger partial charge in [-0.05, 0) is 32.3 Å². The van der Waals surface area contributed by atoms with E-state index in [0.717, 1.165) is 37.6 Å². The first-order chi connectivity index (χ1) is 12.0. The Kier molecular flexibility index (Phi) is 4.27. The molecule has 4 rings (SSSR count). The number of amides is 2. The maximum atomic E-state index is 12.5. The lowest BCUT2D eigenvalue weighted by Crippen LogP contribution is -2.53. The Morgan fingerprint density at radius 1 is 1.36 bits per heavy atom. The van der Waals surface area contributed by atoms with Crippen LogP contribution in [0.15, 0.2) is 12.3 Å². The summed E-state index contributed by atoms with van der Waals surface area (Å²) in [6, 6.07) is 1.97. The van der Waals surface area contributed by atoms with Gasteiger partial charge in [-0.25, -0.2) is 14.8 Å². The number of carbonyl (C=O) groups excluding carboxylic acids is 1. The predicted octanol–water partition coefficient (Wildman–Crippen LogP) is 1.57. The third kappa shape index (κ3) is 3.29. The molecule has 3 atom stereocenters. The van der Waals surface area contributed by atoms with Gasteiger partial charge in [-0.3, -0.25) is 0 Å². The van der Waals surface area contributed by atoms with Crippen LogP contribution in [0.2, 0.25) is 0 Å². The van der Waals surface area contributed by atoms with E-state index in [0.29, 0.717) is 31.8 Å². The highest BCUT2D eigenvalue weighted by atomic mass is 16.5. The number of carbonyl (C=O) groups is 1. The highest BCUT2D eigenvalue weighted by molar-refractivity contribution is 5.74. The Morgan fingerprint density at radius 3 is 2.80 bits per heavy atom. The summed E-state index contributed by atoms with van der Waals surface area (Å²) >= 11 is 0. The molecule has 136 valence electrons. The molecule has 2 bridgehead atoms. The van der Waals surface area contributed by atoms with E-state index in [1.165, 1.54) is 6.42 Å². The number of ether oxygens (including phenoxy) is 1. The second-order valence-electron chi connectivity index (χ2n) is 7.78. The fourth-order valence-corrected chi connectivity index (χ4v) is 4.35. The molecule has 3 fully saturated rings. The summed E-state index contributed by atoms with van der Waals surface area (Å²) in [5, 5.41) is 3.15. The fraction of sp³-hybridized carbons (Fsp3) is 0.722. The minimum Gasteiger partial charge on any atom is -0.374 e. The van der Waals surface area contributed by atoms with Crippen molar-refractivity contribution in [2.75, 3.05) is 37.6 Å². The first-order valence-electron chi connectivity index (χ1n) is 9.26. The zero-order valence-electron chi connectivity index (χ0n) is 15.1. The number of urea groups is 1. The van der Waals surface area contributed by atoms with E-state index in [9.17, 15) is 4.79 Å². The standard InChI is InChI=1S/C18H27N5O2/c1-13-19-6-5-16(21-13)22-7-9-23(10-8-22)17(24)20-12-18(2)11-14-3-4-15(18)25-14/h5-6,14-15H,3-4,7-12H2,1-2H3,(H,20,24)/t14-,15-,18-/m1/s1. The normalized spacial score (nSPS) is 31.4. The molecule has 3 aliphatic rings. The van der Waals surface area contributed by atoms with Crippen LogP contribution in [0, 0.1) is 12.3 Å². The Labute approximate surface area is 148 Å². The van der Waals surface area contributed by atoms with Crippen molar-refractivity contribution in [1.82, 2.24) is 20.2 Å². The van der Waals surface area contributed by atoms with Gasteiger partial charge in [0.05, 0.1) is 12.2 Å². The summed E-state index contributed by atoms with van der Waals surface area (Å²) in [4.78, 5) is 25.3. The Morgan fingerprint density at radius 2 is 2.16 bits per heavy atom. The van der Waals surface area contributed by atoms with Gasteiger partial charge in [-0.2, -0.15) is 0 Å². The van der Waals surface area contributed by atoms with E-state index < -0.39 is 0 Å². The van der Waals surface area contributed by atoms with E-state index in [2.05, 4.69) is 27.1 Å². The third-order valence-electron chi connectivity index (χ3n) is 5.87. The van der Waals surface area contributed by atoms with Crippen molar-refractivity contribution in [2.45, 2.75) is 45.3 Å². The zero-order valence-corrected chi connectivity index (χ0v) is 15.1. The van der Waals surface area contributed by atoms with Gasteiger partial charge >= 0.3 is 6.03 Å². The van der Waals surface area contributed by atoms with Crippen molar-refractivity contribution in [3.63, 3.8) is 0 Å². The average molecular weight is 345 g/mol. The molecule has 0 radical (unpaired) electrons. The molecule has 0 aliphatic carbocycles. The second-order valence-corrected chi connectivity index (χ2v) is 7.78. The SMILES string of the molecule is Cc1nccc(N2CCN(C(=O)NC[C@@]3(C)C[C@H]4CC[C@H]3O4)CC2)n1. The molecule has 7 heteroatoms. The van der Waals surface area contributed by atoms with Gasteiger partial charge in [-0.1, -0.05) is 6.92 Å². The van der Waals surface area contributed by atoms with Crippen LogP contribution in [0.1, 0.15) is 32.0 Å². The van der Waals surface area contributed by atoms with E-state index >= 15 is 0 Å². The van der Waals surface area contributed by atoms with Gasteiger partial charge < -0.3 is 19.9 Å². The average Bonchev–Trinajstić information content (AvgIpc) is 3.21. The van der Waals surface area contributed by atoms with Crippen LogP contribution in [-0.2, 0) is 4.74 Å². The van der Waals surface area contributed by atoms with Crippen molar-refractivity contribution >= 4 is 11.8 Å². The molecule has 2 amide bonds. The summed E-state index contributed by atoms with van der Waals surface area (Å²) < 4.78 is 5.95. The lowest BCUT2D eigenvalue weighted by atomic mass is 9.75. The summed E-state index contributed by atoms with van der Waals surface area (Å²) in [7, 11) is 0. The number of hydrogen-bond donors (Lipinski definition) is 1. The minimum absolute atomic E-state index is 0.0440. The minimum atomic E-state index is 0.0440. The molecule has 0 unspecified atom stereocenters. The van der Waals surface area contributed by atoms with Crippen LogP contribution in [0.25, 0.3) is 0 Å². The molecule has 7 nitrogen and oxygen atoms in total. The predicted molar refractivity (Wildman–Crippen MR) is 94.6 cm³/mol. The number of aromatic nitrogens is 2. The molecule has 1 aromatic rings. The molecule has 25 heavy (non-hydrogen) atoms. The summed E-state index contributed by atoms with van der Waals surface area (Å²) in [6.45, 7) is 7.88. The highest BCUT2D eigenvalue weighted by Gasteiger charge is 2.49. The number of fused-ring (bicyclic) bond motifs is 2. The van der Waals surface area contributed by atoms with Gasteiger partial charge in [0, 0.05) is 44.3 Å². The van der Waals surface area contributed by atoms with E-state index in [-0.39, 0.29) is 11.4 Å². The molecule has 3 saturated heterocycles. The largest absolute Gasteiger partial charge is 0.374 e. The van der Waals surface area contributed by atoms with Crippen LogP contribution < -0.4 is 10.2 Å². The van der Waals surface area contributed by atoms with Gasteiger partial charge in [0.25, 0.3) is 0 Å². The first kappa shape index (κ1) is 16.6. The van der Waals surface area contributed by atoms with Gasteiger partial charge in [0.2, 0.25) is 0 Å². The third-order valence-corrected chi connectivity index (χ3v) is 5.87. The van der Waals surface area contributed by atoms with E-state index in [1.54, 1.807) is 6.20 Å². The number of rotatable bonds is 3. The lowest BCUT2D eigenvalue weighted by molar-refractivity contribution is 0.0674. The molecule has 0 spiro atoms. The molecular formula is C18H27N5O2. The number of anilines is 1. The van der Waals surface area contributed by atoms with Crippen LogP contribution >= 0.6 is 0 Å². The zero-order chi connectivity index (χ0) is 17.4. The van der Waals surface area contributed by atoms with Gasteiger partial charge in [0.1, 0.15) is 11.6 Å². The number of hydrogen-bond acceptors (Lipinski definition) is 5. The maximum Gasteiger partial charge on any atom is 0.317 e. The smallest absolute Gasteiger partial charge is 0.317 e. The molecule has 1 aromatic heterocycles. The quantitative estimate of drug-likeness (QED) is 0.900. The number of nitrogens with zero attached hydrogens (tertiary/aromatic N) is 4. The van der Waals surface area contributed by atoms with Crippen LogP contribution in [-0.4, -0.2) is 65.8 Å². The lowest BCUT2D eigenvalue weighted by Gasteiger charge is -2.37. The van der Waals surface area contributed by atoms with Crippen LogP contribution in [0.4, 0.5) is 10.6 Å². The topological polar surface area (TPSA) is 70.6 Å². The van der Waals surface area contributed by atoms with Crippen molar-refractivity contribution in [2.24, 2.45) is 5.41 Å². The Bertz CT molecular complexity index is 646. The number of nitrogens with one attached hydrogen (secondary N) is 1. The fourth-order valence-electron chi connectivity index (χ4n) is 4.35. The van der Waals surface area contributed by atoms with Crippen molar-refractivity contribution < 1.29 is 9.53 Å². The first-order valence-corrected chi connectivity index (χ1v) is 9.26. The van der Waals surface area contributed by atoms with Gasteiger partial charge in [0.15, 0.2) is 0 Å². The molecular weight excluding hydrogens is 318 g/mol. The van der Waals surface area contributed by atoms with Gasteiger partial charge in [-0.15, -0.1) is 0 Å².